The molecule has 3 rings (SSSR count). The molecule has 0 saturated carbocycles. The molecule has 0 aliphatic heterocycles. The van der Waals surface area contributed by atoms with Crippen LogP contribution in [-0.4, -0.2) is 21.7 Å². The number of ether oxygens (including phenoxy) is 1. The molecule has 4 nitrogen and oxygen atoms in total. The highest BCUT2D eigenvalue weighted by Crippen LogP contribution is 2.25. The van der Waals surface area contributed by atoms with Crippen LogP contribution in [0.5, 0.6) is 5.88 Å². The molecule has 2 aromatic heterocycles. The molecule has 0 bridgehead atoms. The number of hydrogen-bond donors (Lipinski definition) is 0. The SMILES string of the molecule is COc1nnc(C)n2c1cc1ccccc12. The van der Waals surface area contributed by atoms with Gasteiger partial charge in [0.1, 0.15) is 11.3 Å². The zero-order chi connectivity index (χ0) is 11.1. The Morgan fingerprint density at radius 2 is 1.94 bits per heavy atom. The average molecular weight is 213 g/mol. The minimum absolute atomic E-state index is 0.557. The molecule has 0 radical (unpaired) electrons. The maximum atomic E-state index is 5.22. The molecular weight excluding hydrogens is 202 g/mol. The van der Waals surface area contributed by atoms with Gasteiger partial charge in [-0.1, -0.05) is 18.2 Å². The lowest BCUT2D eigenvalue weighted by Crippen LogP contribution is -2.00. The van der Waals surface area contributed by atoms with Crippen LogP contribution in [0.3, 0.4) is 0 Å². The molecule has 4 heteroatoms. The van der Waals surface area contributed by atoms with Crippen LogP contribution in [-0.2, 0) is 0 Å². The smallest absolute Gasteiger partial charge is 0.257 e. The Kier molecular flexibility index (Phi) is 1.83. The monoisotopic (exact) mass is 213 g/mol. The zero-order valence-electron chi connectivity index (χ0n) is 9.14. The third kappa shape index (κ3) is 1.10. The summed E-state index contributed by atoms with van der Waals surface area (Å²) in [6.07, 6.45) is 0. The topological polar surface area (TPSA) is 39.4 Å². The first-order valence-electron chi connectivity index (χ1n) is 5.09. The van der Waals surface area contributed by atoms with Crippen LogP contribution in [0.2, 0.25) is 0 Å². The van der Waals surface area contributed by atoms with E-state index in [1.165, 1.54) is 5.39 Å². The summed E-state index contributed by atoms with van der Waals surface area (Å²) in [5.41, 5.74) is 2.08. The van der Waals surface area contributed by atoms with Crippen LogP contribution in [0.1, 0.15) is 5.82 Å². The van der Waals surface area contributed by atoms with Crippen molar-refractivity contribution in [2.45, 2.75) is 6.92 Å². The minimum Gasteiger partial charge on any atom is -0.478 e. The Balaban J connectivity index is 2.58. The molecule has 0 spiro atoms. The molecule has 3 aromatic rings. The molecule has 80 valence electrons. The van der Waals surface area contributed by atoms with E-state index in [1.54, 1.807) is 7.11 Å². The van der Waals surface area contributed by atoms with E-state index in [-0.39, 0.29) is 0 Å². The Labute approximate surface area is 92.5 Å². The van der Waals surface area contributed by atoms with Crippen molar-refractivity contribution in [2.24, 2.45) is 0 Å². The molecule has 0 N–H and O–H groups in total. The predicted octanol–water partition coefficient (Wildman–Crippen LogP) is 2.20. The first-order valence-corrected chi connectivity index (χ1v) is 5.09. The summed E-state index contributed by atoms with van der Waals surface area (Å²) in [6, 6.07) is 10.2. The summed E-state index contributed by atoms with van der Waals surface area (Å²) >= 11 is 0. The number of methoxy groups -OCH3 is 1. The fourth-order valence-electron chi connectivity index (χ4n) is 2.02. The van der Waals surface area contributed by atoms with Gasteiger partial charge in [0.25, 0.3) is 5.88 Å². The van der Waals surface area contributed by atoms with Crippen molar-refractivity contribution in [1.29, 1.82) is 0 Å². The molecule has 0 unspecified atom stereocenters. The van der Waals surface area contributed by atoms with E-state index >= 15 is 0 Å². The van der Waals surface area contributed by atoms with Gasteiger partial charge in [0.2, 0.25) is 0 Å². The van der Waals surface area contributed by atoms with E-state index in [9.17, 15) is 0 Å². The highest BCUT2D eigenvalue weighted by atomic mass is 16.5. The van der Waals surface area contributed by atoms with Gasteiger partial charge >= 0.3 is 0 Å². The summed E-state index contributed by atoms with van der Waals surface area (Å²) in [6.45, 7) is 1.94. The molecule has 0 saturated heterocycles. The largest absolute Gasteiger partial charge is 0.478 e. The van der Waals surface area contributed by atoms with E-state index in [0.717, 1.165) is 16.9 Å². The lowest BCUT2D eigenvalue weighted by atomic mass is 10.2. The van der Waals surface area contributed by atoms with Gasteiger partial charge in [-0.15, -0.1) is 10.2 Å². The Hall–Kier alpha value is -2.10. The molecule has 16 heavy (non-hydrogen) atoms. The van der Waals surface area contributed by atoms with Crippen molar-refractivity contribution in [1.82, 2.24) is 14.6 Å². The molecule has 2 heterocycles. The second-order valence-electron chi connectivity index (χ2n) is 3.68. The highest BCUT2D eigenvalue weighted by molar-refractivity contribution is 5.88. The van der Waals surface area contributed by atoms with E-state index < -0.39 is 0 Å². The maximum Gasteiger partial charge on any atom is 0.257 e. The number of aryl methyl sites for hydroxylation is 1. The summed E-state index contributed by atoms with van der Waals surface area (Å²) < 4.78 is 7.27. The van der Waals surface area contributed by atoms with Crippen molar-refractivity contribution >= 4 is 16.4 Å². The fraction of sp³-hybridized carbons (Fsp3) is 0.167. The van der Waals surface area contributed by atoms with E-state index in [1.807, 2.05) is 19.1 Å². The van der Waals surface area contributed by atoms with Gasteiger partial charge in [-0.2, -0.15) is 0 Å². The standard InChI is InChI=1S/C12H11N3O/c1-8-13-14-12(16-2)11-7-9-5-3-4-6-10(9)15(8)11/h3-7H,1-2H3. The Morgan fingerprint density at radius 3 is 2.75 bits per heavy atom. The normalized spacial score (nSPS) is 11.1. The highest BCUT2D eigenvalue weighted by Gasteiger charge is 2.10. The Bertz CT molecular complexity index is 672. The number of para-hydroxylation sites is 1. The van der Waals surface area contributed by atoms with Gasteiger partial charge in [0, 0.05) is 5.39 Å². The van der Waals surface area contributed by atoms with Gasteiger partial charge in [0.05, 0.1) is 12.6 Å². The Morgan fingerprint density at radius 1 is 1.12 bits per heavy atom. The fourth-order valence-corrected chi connectivity index (χ4v) is 2.02. The second kappa shape index (κ2) is 3.20. The van der Waals surface area contributed by atoms with Crippen molar-refractivity contribution < 1.29 is 4.74 Å². The van der Waals surface area contributed by atoms with Crippen LogP contribution in [0.15, 0.2) is 30.3 Å². The third-order valence-electron chi connectivity index (χ3n) is 2.73. The zero-order valence-corrected chi connectivity index (χ0v) is 9.14. The molecular formula is C12H11N3O. The van der Waals surface area contributed by atoms with Gasteiger partial charge in [0.15, 0.2) is 0 Å². The number of rotatable bonds is 1. The van der Waals surface area contributed by atoms with Crippen molar-refractivity contribution in [3.05, 3.63) is 36.2 Å². The van der Waals surface area contributed by atoms with Crippen molar-refractivity contribution in [3.8, 4) is 5.88 Å². The molecule has 0 aliphatic rings. The number of aromatic nitrogens is 3. The van der Waals surface area contributed by atoms with E-state index in [4.69, 9.17) is 4.74 Å². The molecule has 0 aliphatic carbocycles. The van der Waals surface area contributed by atoms with Gasteiger partial charge < -0.3 is 4.74 Å². The molecule has 0 fully saturated rings. The lowest BCUT2D eigenvalue weighted by molar-refractivity contribution is 0.394. The second-order valence-corrected chi connectivity index (χ2v) is 3.68. The van der Waals surface area contributed by atoms with Crippen LogP contribution in [0.25, 0.3) is 16.4 Å². The summed E-state index contributed by atoms with van der Waals surface area (Å²) in [5.74, 6) is 1.42. The molecule has 0 atom stereocenters. The third-order valence-corrected chi connectivity index (χ3v) is 2.73. The molecule has 0 amide bonds. The van der Waals surface area contributed by atoms with Crippen LogP contribution in [0.4, 0.5) is 0 Å². The summed E-state index contributed by atoms with van der Waals surface area (Å²) in [5, 5.41) is 9.28. The number of benzene rings is 1. The number of nitrogens with zero attached hydrogens (tertiary/aromatic N) is 3. The first-order chi connectivity index (χ1) is 7.81. The first kappa shape index (κ1) is 9.15. The van der Waals surface area contributed by atoms with Gasteiger partial charge in [-0.05, 0) is 19.1 Å². The van der Waals surface area contributed by atoms with Gasteiger partial charge in [-0.3, -0.25) is 4.40 Å². The lowest BCUT2D eigenvalue weighted by Gasteiger charge is -2.04. The van der Waals surface area contributed by atoms with Crippen molar-refractivity contribution in [3.63, 3.8) is 0 Å². The van der Waals surface area contributed by atoms with Crippen LogP contribution in [0, 0.1) is 6.92 Å². The predicted molar refractivity (Wildman–Crippen MR) is 61.8 cm³/mol. The summed E-state index contributed by atoms with van der Waals surface area (Å²) in [7, 11) is 1.61. The van der Waals surface area contributed by atoms with Crippen LogP contribution < -0.4 is 4.74 Å². The summed E-state index contributed by atoms with van der Waals surface area (Å²) in [4.78, 5) is 0. The minimum atomic E-state index is 0.557. The van der Waals surface area contributed by atoms with Gasteiger partial charge in [-0.25, -0.2) is 0 Å². The number of hydrogen-bond acceptors (Lipinski definition) is 3. The van der Waals surface area contributed by atoms with Crippen molar-refractivity contribution in [2.75, 3.05) is 7.11 Å². The van der Waals surface area contributed by atoms with Crippen LogP contribution >= 0.6 is 0 Å². The van der Waals surface area contributed by atoms with E-state index in [0.29, 0.717) is 5.88 Å². The quantitative estimate of drug-likeness (QED) is 0.622. The van der Waals surface area contributed by atoms with E-state index in [2.05, 4.69) is 32.8 Å². The number of fused-ring (bicyclic) bond motifs is 3. The average Bonchev–Trinajstić information content (AvgIpc) is 2.69. The maximum absolute atomic E-state index is 5.22. The molecule has 1 aromatic carbocycles.